The summed E-state index contributed by atoms with van der Waals surface area (Å²) in [5, 5.41) is 0.720. The topological polar surface area (TPSA) is 70.2 Å². The Morgan fingerprint density at radius 3 is 2.74 bits per heavy atom. The van der Waals surface area contributed by atoms with Gasteiger partial charge in [-0.15, -0.1) is 0 Å². The first-order valence-electron chi connectivity index (χ1n) is 8.78. The van der Waals surface area contributed by atoms with E-state index in [9.17, 15) is 13.2 Å². The minimum atomic E-state index is -3.39. The van der Waals surface area contributed by atoms with Crippen LogP contribution in [-0.2, 0) is 9.84 Å². The highest BCUT2D eigenvalue weighted by Crippen LogP contribution is 2.34. The summed E-state index contributed by atoms with van der Waals surface area (Å²) in [4.78, 5) is 17.7. The number of aromatic amines is 1. The molecule has 5 nitrogen and oxygen atoms in total. The highest BCUT2D eigenvalue weighted by molar-refractivity contribution is 7.91. The summed E-state index contributed by atoms with van der Waals surface area (Å²) in [7, 11) is -3.39. The molecule has 1 N–H and O–H groups in total. The van der Waals surface area contributed by atoms with Crippen LogP contribution in [0.3, 0.4) is 0 Å². The van der Waals surface area contributed by atoms with Gasteiger partial charge in [0.1, 0.15) is 0 Å². The molecule has 0 bridgehead atoms. The van der Waals surface area contributed by atoms with Crippen molar-refractivity contribution in [3.05, 3.63) is 70.9 Å². The fourth-order valence-corrected chi connectivity index (χ4v) is 5.75. The number of carbonyl (C=O) groups is 1. The molecule has 1 atom stereocenters. The van der Waals surface area contributed by atoms with Crippen molar-refractivity contribution in [2.75, 3.05) is 18.8 Å². The lowest BCUT2D eigenvalue weighted by atomic mass is 10.1. The number of nitrogens with zero attached hydrogens (tertiary/aromatic N) is 1. The van der Waals surface area contributed by atoms with Crippen LogP contribution in [0, 0.1) is 0 Å². The molecule has 27 heavy (non-hydrogen) atoms. The Morgan fingerprint density at radius 2 is 1.93 bits per heavy atom. The van der Waals surface area contributed by atoms with Gasteiger partial charge in [-0.1, -0.05) is 29.8 Å². The summed E-state index contributed by atoms with van der Waals surface area (Å²) in [6.07, 6.45) is 2.16. The van der Waals surface area contributed by atoms with E-state index in [1.54, 1.807) is 35.2 Å². The van der Waals surface area contributed by atoms with Gasteiger partial charge in [0.05, 0.1) is 11.0 Å². The van der Waals surface area contributed by atoms with Gasteiger partial charge in [-0.2, -0.15) is 0 Å². The zero-order valence-corrected chi connectivity index (χ0v) is 16.1. The molecule has 3 aromatic rings. The number of nitrogens with one attached hydrogen (secondary N) is 1. The smallest absolute Gasteiger partial charge is 0.253 e. The van der Waals surface area contributed by atoms with Gasteiger partial charge >= 0.3 is 0 Å². The second-order valence-electron chi connectivity index (χ2n) is 6.74. The summed E-state index contributed by atoms with van der Waals surface area (Å²) < 4.78 is 25.6. The van der Waals surface area contributed by atoms with E-state index in [1.807, 2.05) is 24.4 Å². The van der Waals surface area contributed by atoms with Gasteiger partial charge in [0.2, 0.25) is 0 Å². The van der Waals surface area contributed by atoms with Gasteiger partial charge < -0.3 is 9.88 Å². The third-order valence-corrected chi connectivity index (χ3v) is 7.53. The third kappa shape index (κ3) is 3.47. The quantitative estimate of drug-likeness (QED) is 0.708. The minimum Gasteiger partial charge on any atom is -0.361 e. The predicted molar refractivity (Wildman–Crippen MR) is 107 cm³/mol. The van der Waals surface area contributed by atoms with Crippen molar-refractivity contribution in [2.24, 2.45) is 0 Å². The standard InChI is InChI=1S/C20H19ClN2O3S/c21-17-4-2-1-3-16(17)19-8-10-23(11-12-27(19,25)26)20(24)15-5-6-18-14(13-15)7-9-22-18/h1-7,9,13,19,22H,8,10-12H2. The summed E-state index contributed by atoms with van der Waals surface area (Å²) >= 11 is 6.23. The van der Waals surface area contributed by atoms with Gasteiger partial charge in [-0.3, -0.25) is 4.79 Å². The molecule has 1 aliphatic rings. The van der Waals surface area contributed by atoms with Crippen molar-refractivity contribution in [1.29, 1.82) is 0 Å². The number of benzene rings is 2. The molecule has 7 heteroatoms. The van der Waals surface area contributed by atoms with Gasteiger partial charge in [-0.25, -0.2) is 8.42 Å². The van der Waals surface area contributed by atoms with E-state index in [0.717, 1.165) is 10.9 Å². The van der Waals surface area contributed by atoms with E-state index >= 15 is 0 Å². The van der Waals surface area contributed by atoms with E-state index < -0.39 is 15.1 Å². The van der Waals surface area contributed by atoms with Crippen LogP contribution in [0.25, 0.3) is 10.9 Å². The Labute approximate surface area is 162 Å². The van der Waals surface area contributed by atoms with Gasteiger partial charge in [0.15, 0.2) is 9.84 Å². The van der Waals surface area contributed by atoms with Crippen LogP contribution >= 0.6 is 11.6 Å². The number of hydrogen-bond donors (Lipinski definition) is 1. The van der Waals surface area contributed by atoms with Gasteiger partial charge in [0, 0.05) is 40.8 Å². The molecule has 0 spiro atoms. The van der Waals surface area contributed by atoms with E-state index in [4.69, 9.17) is 11.6 Å². The normalized spacial score (nSPS) is 19.7. The predicted octanol–water partition coefficient (Wildman–Crippen LogP) is 3.82. The highest BCUT2D eigenvalue weighted by atomic mass is 35.5. The summed E-state index contributed by atoms with van der Waals surface area (Å²) in [6.45, 7) is 0.562. The molecule has 0 radical (unpaired) electrons. The number of halogens is 1. The Kier molecular flexibility index (Phi) is 4.70. The maximum Gasteiger partial charge on any atom is 0.253 e. The Bertz CT molecular complexity index is 1110. The zero-order chi connectivity index (χ0) is 19.0. The molecular formula is C20H19ClN2O3S. The molecule has 4 rings (SSSR count). The number of sulfone groups is 1. The van der Waals surface area contributed by atoms with E-state index in [-0.39, 0.29) is 18.2 Å². The number of carbonyl (C=O) groups excluding carboxylic acids is 1. The van der Waals surface area contributed by atoms with Crippen LogP contribution in [0.4, 0.5) is 0 Å². The molecule has 1 aromatic heterocycles. The number of amides is 1. The van der Waals surface area contributed by atoms with Crippen LogP contribution in [0.5, 0.6) is 0 Å². The van der Waals surface area contributed by atoms with Crippen molar-refractivity contribution in [2.45, 2.75) is 11.7 Å². The Hall–Kier alpha value is -2.31. The SMILES string of the molecule is O=C(c1ccc2[nH]ccc2c1)N1CCC(c2ccccc2Cl)S(=O)(=O)CC1. The van der Waals surface area contributed by atoms with E-state index in [0.29, 0.717) is 29.1 Å². The van der Waals surface area contributed by atoms with Gasteiger partial charge in [-0.05, 0) is 42.3 Å². The first-order valence-corrected chi connectivity index (χ1v) is 10.9. The summed E-state index contributed by atoms with van der Waals surface area (Å²) in [5.41, 5.74) is 2.14. The second kappa shape index (κ2) is 7.02. The minimum absolute atomic E-state index is 0.0684. The summed E-state index contributed by atoms with van der Waals surface area (Å²) in [5.74, 6) is -0.214. The molecule has 1 unspecified atom stereocenters. The number of fused-ring (bicyclic) bond motifs is 1. The van der Waals surface area contributed by atoms with Crippen molar-refractivity contribution >= 4 is 38.2 Å². The average molecular weight is 403 g/mol. The lowest BCUT2D eigenvalue weighted by Crippen LogP contribution is -2.33. The monoisotopic (exact) mass is 402 g/mol. The van der Waals surface area contributed by atoms with Crippen molar-refractivity contribution in [3.63, 3.8) is 0 Å². The lowest BCUT2D eigenvalue weighted by molar-refractivity contribution is 0.0767. The largest absolute Gasteiger partial charge is 0.361 e. The van der Waals surface area contributed by atoms with Crippen LogP contribution in [0.1, 0.15) is 27.6 Å². The number of hydrogen-bond acceptors (Lipinski definition) is 3. The van der Waals surface area contributed by atoms with Gasteiger partial charge in [0.25, 0.3) is 5.91 Å². The molecule has 2 heterocycles. The molecule has 0 saturated carbocycles. The third-order valence-electron chi connectivity index (χ3n) is 5.08. The van der Waals surface area contributed by atoms with Crippen LogP contribution in [0.15, 0.2) is 54.7 Å². The molecule has 1 fully saturated rings. The van der Waals surface area contributed by atoms with E-state index in [2.05, 4.69) is 4.98 Å². The molecule has 1 aliphatic heterocycles. The molecule has 0 aliphatic carbocycles. The molecule has 2 aromatic carbocycles. The lowest BCUT2D eigenvalue weighted by Gasteiger charge is -2.20. The maximum atomic E-state index is 12.9. The Morgan fingerprint density at radius 1 is 1.11 bits per heavy atom. The second-order valence-corrected chi connectivity index (χ2v) is 9.45. The van der Waals surface area contributed by atoms with Crippen molar-refractivity contribution in [3.8, 4) is 0 Å². The fourth-order valence-electron chi connectivity index (χ4n) is 3.60. The van der Waals surface area contributed by atoms with E-state index in [1.165, 1.54) is 0 Å². The van der Waals surface area contributed by atoms with Crippen LogP contribution < -0.4 is 0 Å². The Balaban J connectivity index is 1.60. The molecule has 1 saturated heterocycles. The zero-order valence-electron chi connectivity index (χ0n) is 14.6. The molecule has 1 amide bonds. The molecular weight excluding hydrogens is 384 g/mol. The fraction of sp³-hybridized carbons (Fsp3) is 0.250. The summed E-state index contributed by atoms with van der Waals surface area (Å²) in [6, 6.07) is 14.4. The first-order chi connectivity index (χ1) is 13.0. The van der Waals surface area contributed by atoms with Crippen molar-refractivity contribution < 1.29 is 13.2 Å². The maximum absolute atomic E-state index is 12.9. The van der Waals surface area contributed by atoms with Crippen molar-refractivity contribution in [1.82, 2.24) is 9.88 Å². The van der Waals surface area contributed by atoms with Crippen LogP contribution in [-0.4, -0.2) is 43.1 Å². The number of rotatable bonds is 2. The molecule has 140 valence electrons. The average Bonchev–Trinajstić information content (AvgIpc) is 3.06. The number of H-pyrrole nitrogens is 1. The van der Waals surface area contributed by atoms with Crippen LogP contribution in [0.2, 0.25) is 5.02 Å². The number of aromatic nitrogens is 1. The highest BCUT2D eigenvalue weighted by Gasteiger charge is 2.33. The first kappa shape index (κ1) is 18.1.